The van der Waals surface area contributed by atoms with Crippen molar-refractivity contribution in [3.05, 3.63) is 29.4 Å². The lowest BCUT2D eigenvalue weighted by atomic mass is 10.2. The topological polar surface area (TPSA) is 56.0 Å². The summed E-state index contributed by atoms with van der Waals surface area (Å²) in [5.41, 5.74) is 5.75. The molecule has 0 aliphatic carbocycles. The van der Waals surface area contributed by atoms with E-state index in [2.05, 4.69) is 4.98 Å². The molecule has 3 nitrogen and oxygen atoms in total. The Hall–Kier alpha value is -1.42. The number of pyridine rings is 1. The molecular weight excluding hydrogens is 172 g/mol. The third-order valence-electron chi connectivity index (χ3n) is 1.64. The first-order chi connectivity index (χ1) is 5.79. The molecule has 2 N–H and O–H groups in total. The van der Waals surface area contributed by atoms with Crippen molar-refractivity contribution < 1.29 is 4.79 Å². The Morgan fingerprint density at radius 1 is 1.58 bits per heavy atom. The lowest BCUT2D eigenvalue weighted by Crippen LogP contribution is -2.09. The van der Waals surface area contributed by atoms with Crippen molar-refractivity contribution in [2.75, 3.05) is 0 Å². The number of thiophene rings is 1. The van der Waals surface area contributed by atoms with Crippen molar-refractivity contribution >= 4 is 27.3 Å². The van der Waals surface area contributed by atoms with Crippen LogP contribution in [0.15, 0.2) is 23.8 Å². The minimum Gasteiger partial charge on any atom is -0.366 e. The molecule has 2 rings (SSSR count). The molecule has 0 saturated carbocycles. The fourth-order valence-corrected chi connectivity index (χ4v) is 1.99. The van der Waals surface area contributed by atoms with Crippen LogP contribution in [0.5, 0.6) is 0 Å². The zero-order valence-electron chi connectivity index (χ0n) is 6.15. The lowest BCUT2D eigenvalue weighted by molar-refractivity contribution is 0.100. The van der Waals surface area contributed by atoms with E-state index in [4.69, 9.17) is 5.73 Å². The summed E-state index contributed by atoms with van der Waals surface area (Å²) < 4.78 is 0.992. The zero-order valence-corrected chi connectivity index (χ0v) is 6.97. The third kappa shape index (κ3) is 0.967. The van der Waals surface area contributed by atoms with Gasteiger partial charge in [0, 0.05) is 23.2 Å². The maximum atomic E-state index is 10.9. The number of rotatable bonds is 1. The zero-order chi connectivity index (χ0) is 8.55. The summed E-state index contributed by atoms with van der Waals surface area (Å²) >= 11 is 1.48. The normalized spacial score (nSPS) is 10.3. The van der Waals surface area contributed by atoms with Gasteiger partial charge < -0.3 is 5.73 Å². The Morgan fingerprint density at radius 3 is 3.17 bits per heavy atom. The van der Waals surface area contributed by atoms with Gasteiger partial charge in [0.2, 0.25) is 5.91 Å². The number of fused-ring (bicyclic) bond motifs is 1. The van der Waals surface area contributed by atoms with Gasteiger partial charge in [-0.25, -0.2) is 0 Å². The van der Waals surface area contributed by atoms with E-state index in [0.717, 1.165) is 10.1 Å². The molecule has 12 heavy (non-hydrogen) atoms. The van der Waals surface area contributed by atoms with Crippen LogP contribution in [0.25, 0.3) is 10.1 Å². The van der Waals surface area contributed by atoms with Gasteiger partial charge in [-0.3, -0.25) is 9.78 Å². The fraction of sp³-hybridized carbons (Fsp3) is 0. The minimum absolute atomic E-state index is 0.382. The number of hydrogen-bond donors (Lipinski definition) is 1. The largest absolute Gasteiger partial charge is 0.366 e. The van der Waals surface area contributed by atoms with E-state index in [-0.39, 0.29) is 5.91 Å². The number of primary amides is 1. The van der Waals surface area contributed by atoms with E-state index in [0.29, 0.717) is 5.56 Å². The molecule has 0 aliphatic rings. The molecule has 60 valence electrons. The van der Waals surface area contributed by atoms with E-state index in [1.165, 1.54) is 11.3 Å². The summed E-state index contributed by atoms with van der Waals surface area (Å²) in [6.45, 7) is 0. The van der Waals surface area contributed by atoms with Gasteiger partial charge in [0.1, 0.15) is 0 Å². The first-order valence-corrected chi connectivity index (χ1v) is 4.28. The molecule has 2 aromatic rings. The van der Waals surface area contributed by atoms with Gasteiger partial charge in [-0.2, -0.15) is 0 Å². The van der Waals surface area contributed by atoms with Crippen LogP contribution in [0.3, 0.4) is 0 Å². The Morgan fingerprint density at radius 2 is 2.42 bits per heavy atom. The standard InChI is InChI=1S/C8H6N2OS/c9-8(11)6-4-12-7-3-10-2-1-5(6)7/h1-4H,(H2,9,11). The van der Waals surface area contributed by atoms with Crippen LogP contribution in [0.1, 0.15) is 10.4 Å². The fourth-order valence-electron chi connectivity index (χ4n) is 1.07. The molecule has 0 fully saturated rings. The molecule has 0 bridgehead atoms. The van der Waals surface area contributed by atoms with Crippen molar-refractivity contribution in [3.8, 4) is 0 Å². The number of hydrogen-bond acceptors (Lipinski definition) is 3. The average Bonchev–Trinajstić information content (AvgIpc) is 2.47. The highest BCUT2D eigenvalue weighted by Crippen LogP contribution is 2.23. The van der Waals surface area contributed by atoms with Gasteiger partial charge >= 0.3 is 0 Å². The van der Waals surface area contributed by atoms with Gasteiger partial charge in [0.25, 0.3) is 0 Å². The van der Waals surface area contributed by atoms with E-state index >= 15 is 0 Å². The summed E-state index contributed by atoms with van der Waals surface area (Å²) in [6.07, 6.45) is 3.38. The quantitative estimate of drug-likeness (QED) is 0.717. The summed E-state index contributed by atoms with van der Waals surface area (Å²) in [6, 6.07) is 1.80. The van der Waals surface area contributed by atoms with Gasteiger partial charge in [0.05, 0.1) is 10.3 Å². The SMILES string of the molecule is NC(=O)c1csc2cnccc12. The van der Waals surface area contributed by atoms with Crippen LogP contribution in [0.2, 0.25) is 0 Å². The van der Waals surface area contributed by atoms with Gasteiger partial charge in [-0.1, -0.05) is 0 Å². The summed E-state index contributed by atoms with van der Waals surface area (Å²) in [7, 11) is 0. The number of aromatic nitrogens is 1. The number of amides is 1. The molecule has 2 heterocycles. The lowest BCUT2D eigenvalue weighted by Gasteiger charge is -1.90. The van der Waals surface area contributed by atoms with E-state index in [9.17, 15) is 4.79 Å². The number of carbonyl (C=O) groups is 1. The second-order valence-electron chi connectivity index (χ2n) is 2.39. The number of nitrogens with zero attached hydrogens (tertiary/aromatic N) is 1. The summed E-state index contributed by atoms with van der Waals surface area (Å²) in [5.74, 6) is -0.382. The van der Waals surface area contributed by atoms with Crippen molar-refractivity contribution in [3.63, 3.8) is 0 Å². The monoisotopic (exact) mass is 178 g/mol. The van der Waals surface area contributed by atoms with E-state index < -0.39 is 0 Å². The van der Waals surface area contributed by atoms with Gasteiger partial charge in [-0.15, -0.1) is 11.3 Å². The Balaban J connectivity index is 2.79. The van der Waals surface area contributed by atoms with Crippen LogP contribution in [-0.2, 0) is 0 Å². The highest BCUT2D eigenvalue weighted by Gasteiger charge is 2.07. The maximum absolute atomic E-state index is 10.9. The van der Waals surface area contributed by atoms with Gasteiger partial charge in [-0.05, 0) is 6.07 Å². The molecule has 0 spiro atoms. The molecule has 0 unspecified atom stereocenters. The Bertz CT molecular complexity index is 435. The van der Waals surface area contributed by atoms with Crippen LogP contribution in [-0.4, -0.2) is 10.9 Å². The molecule has 2 aromatic heterocycles. The maximum Gasteiger partial charge on any atom is 0.250 e. The van der Waals surface area contributed by atoms with Crippen LogP contribution in [0, 0.1) is 0 Å². The molecule has 4 heteroatoms. The van der Waals surface area contributed by atoms with Crippen molar-refractivity contribution in [1.29, 1.82) is 0 Å². The van der Waals surface area contributed by atoms with Crippen LogP contribution >= 0.6 is 11.3 Å². The van der Waals surface area contributed by atoms with E-state index in [1.807, 2.05) is 0 Å². The Kier molecular flexibility index (Phi) is 1.55. The van der Waals surface area contributed by atoms with Crippen LogP contribution < -0.4 is 5.73 Å². The molecular formula is C8H6N2OS. The predicted molar refractivity (Wildman–Crippen MR) is 48.1 cm³/mol. The van der Waals surface area contributed by atoms with Crippen molar-refractivity contribution in [1.82, 2.24) is 4.98 Å². The molecule has 0 radical (unpaired) electrons. The van der Waals surface area contributed by atoms with Gasteiger partial charge in [0.15, 0.2) is 0 Å². The average molecular weight is 178 g/mol. The molecule has 0 atom stereocenters. The first-order valence-electron chi connectivity index (χ1n) is 3.40. The summed E-state index contributed by atoms with van der Waals surface area (Å²) in [4.78, 5) is 14.8. The second-order valence-corrected chi connectivity index (χ2v) is 3.30. The van der Waals surface area contributed by atoms with Crippen LogP contribution in [0.4, 0.5) is 0 Å². The number of nitrogens with two attached hydrogens (primary N) is 1. The van der Waals surface area contributed by atoms with Crippen molar-refractivity contribution in [2.24, 2.45) is 5.73 Å². The first kappa shape index (κ1) is 7.24. The molecule has 1 amide bonds. The number of carbonyl (C=O) groups excluding carboxylic acids is 1. The molecule has 0 saturated heterocycles. The van der Waals surface area contributed by atoms with E-state index in [1.54, 1.807) is 23.8 Å². The minimum atomic E-state index is -0.382. The highest BCUT2D eigenvalue weighted by molar-refractivity contribution is 7.17. The second kappa shape index (κ2) is 2.57. The molecule has 0 aromatic carbocycles. The highest BCUT2D eigenvalue weighted by atomic mass is 32.1. The molecule has 0 aliphatic heterocycles. The summed E-state index contributed by atoms with van der Waals surface area (Å²) in [5, 5.41) is 2.65. The smallest absolute Gasteiger partial charge is 0.250 e. The Labute approximate surface area is 72.8 Å². The predicted octanol–water partition coefficient (Wildman–Crippen LogP) is 1.40. The third-order valence-corrected chi connectivity index (χ3v) is 2.58. The van der Waals surface area contributed by atoms with Crippen molar-refractivity contribution in [2.45, 2.75) is 0 Å².